The quantitative estimate of drug-likeness (QED) is 0.714. The molecule has 116 valence electrons. The largest absolute Gasteiger partial charge is 0.324 e. The highest BCUT2D eigenvalue weighted by Gasteiger charge is 2.14. The summed E-state index contributed by atoms with van der Waals surface area (Å²) >= 11 is 9.11. The standard InChI is InChI=1S/C17H18ClNOS2/c1-12(22-11-13-7-9-14(18)10-8-13)17(20)19-15-5-3-4-6-16(15)21-2/h3-10,12H,11H2,1-2H3,(H,19,20). The summed E-state index contributed by atoms with van der Waals surface area (Å²) in [5.41, 5.74) is 2.04. The van der Waals surface area contributed by atoms with Crippen molar-refractivity contribution in [3.63, 3.8) is 0 Å². The summed E-state index contributed by atoms with van der Waals surface area (Å²) in [5, 5.41) is 3.61. The third-order valence-corrected chi connectivity index (χ3v) is 5.41. The van der Waals surface area contributed by atoms with Crippen LogP contribution in [0.1, 0.15) is 12.5 Å². The van der Waals surface area contributed by atoms with Crippen molar-refractivity contribution in [3.05, 3.63) is 59.1 Å². The molecule has 1 unspecified atom stereocenters. The van der Waals surface area contributed by atoms with E-state index in [1.807, 2.05) is 61.7 Å². The predicted molar refractivity (Wildman–Crippen MR) is 99.1 cm³/mol. The molecule has 0 heterocycles. The van der Waals surface area contributed by atoms with E-state index in [0.717, 1.165) is 21.4 Å². The maximum absolute atomic E-state index is 12.3. The molecule has 0 aliphatic rings. The molecule has 1 amide bonds. The topological polar surface area (TPSA) is 29.1 Å². The first kappa shape index (κ1) is 17.3. The maximum atomic E-state index is 12.3. The van der Waals surface area contributed by atoms with E-state index in [1.165, 1.54) is 5.56 Å². The Kier molecular flexibility index (Phi) is 6.68. The zero-order valence-corrected chi connectivity index (χ0v) is 14.9. The fourth-order valence-corrected chi connectivity index (χ4v) is 3.38. The molecule has 0 aromatic heterocycles. The van der Waals surface area contributed by atoms with Gasteiger partial charge in [0, 0.05) is 15.7 Å². The van der Waals surface area contributed by atoms with E-state index in [2.05, 4.69) is 5.32 Å². The van der Waals surface area contributed by atoms with Gasteiger partial charge in [0.1, 0.15) is 0 Å². The zero-order chi connectivity index (χ0) is 15.9. The molecule has 0 spiro atoms. The fourth-order valence-electron chi connectivity index (χ4n) is 1.86. The van der Waals surface area contributed by atoms with Crippen LogP contribution in [-0.4, -0.2) is 17.4 Å². The summed E-state index contributed by atoms with van der Waals surface area (Å²) in [6.45, 7) is 1.93. The van der Waals surface area contributed by atoms with Gasteiger partial charge >= 0.3 is 0 Å². The van der Waals surface area contributed by atoms with Crippen LogP contribution in [0.2, 0.25) is 5.02 Å². The van der Waals surface area contributed by atoms with Gasteiger partial charge in [-0.1, -0.05) is 35.9 Å². The summed E-state index contributed by atoms with van der Waals surface area (Å²) in [5.74, 6) is 0.816. The lowest BCUT2D eigenvalue weighted by molar-refractivity contribution is -0.115. The number of nitrogens with one attached hydrogen (secondary N) is 1. The van der Waals surface area contributed by atoms with Crippen LogP contribution in [0.25, 0.3) is 0 Å². The number of thioether (sulfide) groups is 2. The van der Waals surface area contributed by atoms with Crippen molar-refractivity contribution >= 4 is 46.7 Å². The lowest BCUT2D eigenvalue weighted by Crippen LogP contribution is -2.22. The van der Waals surface area contributed by atoms with Crippen LogP contribution in [0.4, 0.5) is 5.69 Å². The molecule has 2 aromatic carbocycles. The smallest absolute Gasteiger partial charge is 0.237 e. The maximum Gasteiger partial charge on any atom is 0.237 e. The normalized spacial score (nSPS) is 12.0. The lowest BCUT2D eigenvalue weighted by Gasteiger charge is -2.14. The molecule has 22 heavy (non-hydrogen) atoms. The van der Waals surface area contributed by atoms with E-state index in [9.17, 15) is 4.79 Å². The molecular formula is C17H18ClNOS2. The van der Waals surface area contributed by atoms with E-state index in [0.29, 0.717) is 0 Å². The molecule has 2 nitrogen and oxygen atoms in total. The van der Waals surface area contributed by atoms with Gasteiger partial charge in [-0.15, -0.1) is 23.5 Å². The van der Waals surface area contributed by atoms with E-state index >= 15 is 0 Å². The van der Waals surface area contributed by atoms with Crippen LogP contribution in [0.15, 0.2) is 53.4 Å². The van der Waals surface area contributed by atoms with Crippen molar-refractivity contribution in [2.75, 3.05) is 11.6 Å². The second kappa shape index (κ2) is 8.51. The van der Waals surface area contributed by atoms with Crippen LogP contribution < -0.4 is 5.32 Å². The molecule has 0 saturated carbocycles. The molecular weight excluding hydrogens is 334 g/mol. The Morgan fingerprint density at radius 2 is 1.86 bits per heavy atom. The van der Waals surface area contributed by atoms with Crippen molar-refractivity contribution in [2.45, 2.75) is 22.8 Å². The number of amides is 1. The van der Waals surface area contributed by atoms with E-state index in [1.54, 1.807) is 23.5 Å². The van der Waals surface area contributed by atoms with Gasteiger partial charge in [0.15, 0.2) is 0 Å². The van der Waals surface area contributed by atoms with Gasteiger partial charge < -0.3 is 5.32 Å². The number of benzene rings is 2. The van der Waals surface area contributed by atoms with E-state index in [4.69, 9.17) is 11.6 Å². The number of carbonyl (C=O) groups is 1. The van der Waals surface area contributed by atoms with Gasteiger partial charge in [-0.2, -0.15) is 0 Å². The lowest BCUT2D eigenvalue weighted by atomic mass is 10.2. The molecule has 0 aliphatic carbocycles. The SMILES string of the molecule is CSc1ccccc1NC(=O)C(C)SCc1ccc(Cl)cc1. The third-order valence-electron chi connectivity index (χ3n) is 3.15. The highest BCUT2D eigenvalue weighted by molar-refractivity contribution is 7.99. The zero-order valence-electron chi connectivity index (χ0n) is 12.5. The van der Waals surface area contributed by atoms with Crippen molar-refractivity contribution in [2.24, 2.45) is 0 Å². The molecule has 2 rings (SSSR count). The highest BCUT2D eigenvalue weighted by atomic mass is 35.5. The Labute approximate surface area is 145 Å². The summed E-state index contributed by atoms with van der Waals surface area (Å²) in [6, 6.07) is 15.6. The van der Waals surface area contributed by atoms with Crippen LogP contribution in [0.5, 0.6) is 0 Å². The van der Waals surface area contributed by atoms with Crippen molar-refractivity contribution in [1.29, 1.82) is 0 Å². The number of hydrogen-bond donors (Lipinski definition) is 1. The molecule has 0 radical (unpaired) electrons. The molecule has 0 aliphatic heterocycles. The van der Waals surface area contributed by atoms with Gasteiger partial charge in [-0.25, -0.2) is 0 Å². The molecule has 1 atom stereocenters. The first-order valence-electron chi connectivity index (χ1n) is 6.90. The number of para-hydroxylation sites is 1. The first-order valence-corrected chi connectivity index (χ1v) is 9.55. The average Bonchev–Trinajstić information content (AvgIpc) is 2.54. The summed E-state index contributed by atoms with van der Waals surface area (Å²) in [6.07, 6.45) is 2.00. The molecule has 0 bridgehead atoms. The minimum Gasteiger partial charge on any atom is -0.324 e. The van der Waals surface area contributed by atoms with Gasteiger partial charge in [-0.3, -0.25) is 4.79 Å². The molecule has 5 heteroatoms. The number of hydrogen-bond acceptors (Lipinski definition) is 3. The number of rotatable bonds is 6. The van der Waals surface area contributed by atoms with Crippen molar-refractivity contribution in [3.8, 4) is 0 Å². The van der Waals surface area contributed by atoms with Crippen LogP contribution in [-0.2, 0) is 10.5 Å². The Balaban J connectivity index is 1.90. The molecule has 2 aromatic rings. The number of carbonyl (C=O) groups excluding carboxylic acids is 1. The van der Waals surface area contributed by atoms with Crippen molar-refractivity contribution < 1.29 is 4.79 Å². The molecule has 0 saturated heterocycles. The number of anilines is 1. The van der Waals surface area contributed by atoms with E-state index in [-0.39, 0.29) is 11.2 Å². The third kappa shape index (κ3) is 4.97. The molecule has 1 N–H and O–H groups in total. The Morgan fingerprint density at radius 3 is 2.55 bits per heavy atom. The van der Waals surface area contributed by atoms with Gasteiger partial charge in [0.05, 0.1) is 10.9 Å². The van der Waals surface area contributed by atoms with Gasteiger partial charge in [0.2, 0.25) is 5.91 Å². The predicted octanol–water partition coefficient (Wildman–Crippen LogP) is 5.32. The second-order valence-corrected chi connectivity index (χ2v) is 7.38. The summed E-state index contributed by atoms with van der Waals surface area (Å²) in [7, 11) is 0. The van der Waals surface area contributed by atoms with Gasteiger partial charge in [0.25, 0.3) is 0 Å². The highest BCUT2D eigenvalue weighted by Crippen LogP contribution is 2.26. The minimum atomic E-state index is -0.120. The van der Waals surface area contributed by atoms with E-state index < -0.39 is 0 Å². The second-order valence-electron chi connectivity index (χ2n) is 4.77. The minimum absolute atomic E-state index is 0.0282. The average molecular weight is 352 g/mol. The molecule has 0 fully saturated rings. The Bertz CT molecular complexity index is 631. The number of halogens is 1. The van der Waals surface area contributed by atoms with Crippen molar-refractivity contribution in [1.82, 2.24) is 0 Å². The monoisotopic (exact) mass is 351 g/mol. The van der Waals surface area contributed by atoms with Gasteiger partial charge in [-0.05, 0) is 43.0 Å². The van der Waals surface area contributed by atoms with Crippen LogP contribution >= 0.6 is 35.1 Å². The first-order chi connectivity index (χ1) is 10.6. The Hall–Kier alpha value is -1.10. The summed E-state index contributed by atoms with van der Waals surface area (Å²) in [4.78, 5) is 13.4. The van der Waals surface area contributed by atoms with Crippen LogP contribution in [0.3, 0.4) is 0 Å². The Morgan fingerprint density at radius 1 is 1.18 bits per heavy atom. The van der Waals surface area contributed by atoms with Crippen LogP contribution in [0, 0.1) is 0 Å². The fraction of sp³-hybridized carbons (Fsp3) is 0.235. The summed E-state index contributed by atoms with van der Waals surface area (Å²) < 4.78 is 0.